The van der Waals surface area contributed by atoms with Crippen molar-refractivity contribution in [3.8, 4) is 5.82 Å². The summed E-state index contributed by atoms with van der Waals surface area (Å²) in [5.41, 5.74) is 4.31. The van der Waals surface area contributed by atoms with Gasteiger partial charge in [-0.3, -0.25) is 15.0 Å². The maximum Gasteiger partial charge on any atom is 0.455 e. The molecule has 0 bridgehead atoms. The summed E-state index contributed by atoms with van der Waals surface area (Å²) in [5.74, 6) is -3.07. The molecule has 4 aromatic rings. The smallest absolute Gasteiger partial charge is 0.452 e. The van der Waals surface area contributed by atoms with Crippen LogP contribution >= 0.6 is 23.2 Å². The number of hydrazine groups is 1. The van der Waals surface area contributed by atoms with Crippen LogP contribution in [0.2, 0.25) is 10.0 Å². The molecule has 0 aliphatic rings. The molecule has 0 aliphatic heterocycles. The minimum Gasteiger partial charge on any atom is -0.452 e. The molecule has 1 aromatic carbocycles. The van der Waals surface area contributed by atoms with Crippen molar-refractivity contribution in [1.29, 1.82) is 0 Å². The summed E-state index contributed by atoms with van der Waals surface area (Å²) in [6.45, 7) is 1.17. The number of nitrogens with one attached hydrogen (secondary N) is 3. The van der Waals surface area contributed by atoms with E-state index in [-0.39, 0.29) is 38.5 Å². The van der Waals surface area contributed by atoms with Gasteiger partial charge in [-0.1, -0.05) is 23.2 Å². The number of hydrogen-bond acceptors (Lipinski definition) is 9. The molecule has 0 saturated heterocycles. The molecule has 4 rings (SSSR count). The van der Waals surface area contributed by atoms with Crippen molar-refractivity contribution in [2.75, 3.05) is 12.4 Å². The highest BCUT2D eigenvalue weighted by molar-refractivity contribution is 6.32. The predicted molar refractivity (Wildman–Crippen MR) is 135 cm³/mol. The van der Waals surface area contributed by atoms with Gasteiger partial charge >= 0.3 is 12.3 Å². The lowest BCUT2D eigenvalue weighted by molar-refractivity contribution is -0.145. The van der Waals surface area contributed by atoms with Crippen LogP contribution in [0.3, 0.4) is 0 Å². The molecule has 0 aliphatic carbocycles. The second kappa shape index (κ2) is 11.8. The summed E-state index contributed by atoms with van der Waals surface area (Å²) >= 11 is 12.4. The van der Waals surface area contributed by atoms with E-state index in [1.165, 1.54) is 36.5 Å². The number of anilines is 1. The van der Waals surface area contributed by atoms with Gasteiger partial charge in [0.2, 0.25) is 0 Å². The third kappa shape index (κ3) is 6.69. The van der Waals surface area contributed by atoms with E-state index in [4.69, 9.17) is 23.2 Å². The second-order valence-corrected chi connectivity index (χ2v) is 8.90. The third-order valence-corrected chi connectivity index (χ3v) is 5.70. The Morgan fingerprint density at radius 3 is 2.49 bits per heavy atom. The molecule has 41 heavy (non-hydrogen) atoms. The molecule has 0 radical (unpaired) electrons. The zero-order valence-corrected chi connectivity index (χ0v) is 22.3. The molecule has 3 aromatic heterocycles. The summed E-state index contributed by atoms with van der Waals surface area (Å²) in [4.78, 5) is 42.5. The minimum atomic E-state index is -4.81. The highest BCUT2D eigenvalue weighted by Crippen LogP contribution is 2.28. The molecular weight excluding hydrogens is 596 g/mol. The highest BCUT2D eigenvalue weighted by atomic mass is 35.5. The van der Waals surface area contributed by atoms with Gasteiger partial charge in [-0.15, -0.1) is 10.2 Å². The van der Waals surface area contributed by atoms with Gasteiger partial charge in [-0.25, -0.2) is 19.9 Å². The number of amides is 3. The van der Waals surface area contributed by atoms with E-state index in [0.717, 1.165) is 11.8 Å². The van der Waals surface area contributed by atoms with Crippen molar-refractivity contribution in [2.24, 2.45) is 0 Å². The number of methoxy groups -OCH3 is 1. The number of nitrogens with zero attached hydrogens (tertiary/aromatic N) is 7. The van der Waals surface area contributed by atoms with Crippen LogP contribution in [-0.2, 0) is 17.5 Å². The van der Waals surface area contributed by atoms with Gasteiger partial charge in [0, 0.05) is 11.2 Å². The Morgan fingerprint density at radius 1 is 1.07 bits per heavy atom. The normalized spacial score (nSPS) is 11.2. The number of pyridine rings is 1. The molecule has 3 N–H and O–H groups in total. The maximum atomic E-state index is 13.5. The second-order valence-electron chi connectivity index (χ2n) is 8.05. The van der Waals surface area contributed by atoms with Crippen LogP contribution in [0.5, 0.6) is 0 Å². The van der Waals surface area contributed by atoms with Crippen molar-refractivity contribution in [3.05, 3.63) is 74.9 Å². The third-order valence-electron chi connectivity index (χ3n) is 5.19. The first-order chi connectivity index (χ1) is 19.4. The Labute approximate surface area is 237 Å². The van der Waals surface area contributed by atoms with E-state index in [9.17, 15) is 27.6 Å². The van der Waals surface area contributed by atoms with Crippen LogP contribution in [0, 0.1) is 6.92 Å². The molecule has 214 valence electrons. The summed E-state index contributed by atoms with van der Waals surface area (Å²) < 4.78 is 44.2. The fraction of sp³-hybridized carbons (Fsp3) is 0.182. The zero-order valence-electron chi connectivity index (χ0n) is 20.8. The monoisotopic (exact) mass is 612 g/mol. The first-order valence-electron chi connectivity index (χ1n) is 11.2. The Kier molecular flexibility index (Phi) is 8.39. The van der Waals surface area contributed by atoms with Gasteiger partial charge in [0.1, 0.15) is 12.2 Å². The number of aryl methyl sites for hydroxylation is 1. The van der Waals surface area contributed by atoms with Crippen molar-refractivity contribution >= 4 is 46.8 Å². The topological polar surface area (TPSA) is 171 Å². The molecule has 3 amide bonds. The van der Waals surface area contributed by atoms with Gasteiger partial charge < -0.3 is 10.1 Å². The molecule has 0 spiro atoms. The summed E-state index contributed by atoms with van der Waals surface area (Å²) in [6.07, 6.45) is -4.37. The predicted octanol–water partition coefficient (Wildman–Crippen LogP) is 3.19. The molecular formula is C22H17Cl2F3N10O4. The zero-order chi connectivity index (χ0) is 29.9. The maximum absolute atomic E-state index is 13.5. The largest absolute Gasteiger partial charge is 0.455 e. The fourth-order valence-corrected chi connectivity index (χ4v) is 3.90. The Balaban J connectivity index is 1.71. The highest BCUT2D eigenvalue weighted by Gasteiger charge is 2.37. The van der Waals surface area contributed by atoms with E-state index >= 15 is 0 Å². The minimum absolute atomic E-state index is 0.0257. The molecule has 0 atom stereocenters. The number of halogens is 5. The number of rotatable bonds is 6. The number of ether oxygens (including phenoxy) is 1. The van der Waals surface area contributed by atoms with E-state index in [1.807, 2.05) is 5.43 Å². The SMILES string of the molecule is COC(=O)NNC(=O)c1cc(Cl)cc(C)c1NC(=O)c1cc(Cn2nnc(C(F)(F)F)n2)nn1-c1ncccc1Cl. The van der Waals surface area contributed by atoms with Crippen molar-refractivity contribution in [1.82, 2.24) is 45.8 Å². The molecule has 14 nitrogen and oxygen atoms in total. The quantitative estimate of drug-likeness (QED) is 0.276. The van der Waals surface area contributed by atoms with Crippen LogP contribution in [0.4, 0.5) is 23.7 Å². The fourth-order valence-electron chi connectivity index (χ4n) is 3.42. The van der Waals surface area contributed by atoms with E-state index in [0.29, 0.717) is 10.4 Å². The first kappa shape index (κ1) is 29.2. The number of carbonyl (C=O) groups is 3. The number of benzene rings is 1. The van der Waals surface area contributed by atoms with Crippen LogP contribution in [0.1, 0.15) is 37.9 Å². The lowest BCUT2D eigenvalue weighted by atomic mass is 10.1. The summed E-state index contributed by atoms with van der Waals surface area (Å²) in [7, 11) is 1.09. The van der Waals surface area contributed by atoms with Crippen LogP contribution in [0.25, 0.3) is 5.82 Å². The Bertz CT molecular complexity index is 1640. The lowest BCUT2D eigenvalue weighted by Gasteiger charge is -2.15. The summed E-state index contributed by atoms with van der Waals surface area (Å²) in [5, 5.41) is 16.8. The van der Waals surface area contributed by atoms with E-state index in [1.54, 1.807) is 6.92 Å². The van der Waals surface area contributed by atoms with Crippen molar-refractivity contribution in [3.63, 3.8) is 0 Å². The summed E-state index contributed by atoms with van der Waals surface area (Å²) in [6, 6.07) is 7.01. The number of tetrazole rings is 1. The molecule has 0 saturated carbocycles. The first-order valence-corrected chi connectivity index (χ1v) is 11.9. The van der Waals surface area contributed by atoms with Crippen LogP contribution < -0.4 is 16.2 Å². The van der Waals surface area contributed by atoms with Gasteiger partial charge in [-0.05, 0) is 48.0 Å². The number of aromatic nitrogens is 7. The van der Waals surface area contributed by atoms with Crippen molar-refractivity contribution < 1.29 is 32.3 Å². The van der Waals surface area contributed by atoms with Crippen molar-refractivity contribution in [2.45, 2.75) is 19.6 Å². The molecule has 0 fully saturated rings. The van der Waals surface area contributed by atoms with Crippen LogP contribution in [-0.4, -0.2) is 60.0 Å². The molecule has 3 heterocycles. The van der Waals surface area contributed by atoms with E-state index in [2.05, 4.69) is 41.0 Å². The van der Waals surface area contributed by atoms with Gasteiger partial charge in [0.15, 0.2) is 5.82 Å². The average molecular weight is 613 g/mol. The average Bonchev–Trinajstić information content (AvgIpc) is 3.56. The Morgan fingerprint density at radius 2 is 1.83 bits per heavy atom. The van der Waals surface area contributed by atoms with Gasteiger partial charge in [0.05, 0.1) is 29.1 Å². The van der Waals surface area contributed by atoms with Gasteiger partial charge in [0.25, 0.3) is 17.6 Å². The number of carbonyl (C=O) groups excluding carboxylic acids is 3. The number of hydrogen-bond donors (Lipinski definition) is 3. The molecule has 19 heteroatoms. The Hall–Kier alpha value is -4.77. The van der Waals surface area contributed by atoms with Crippen LogP contribution in [0.15, 0.2) is 36.5 Å². The van der Waals surface area contributed by atoms with E-state index < -0.39 is 36.5 Å². The number of alkyl halides is 3. The molecule has 0 unspecified atom stereocenters. The lowest BCUT2D eigenvalue weighted by Crippen LogP contribution is -2.41. The standard InChI is InChI=1S/C22H17Cl2F3N10O4/c1-10-6-11(23)7-13(18(38)30-32-21(40)41-2)16(10)29-19(39)15-8-12(9-36-34-20(31-35-36)22(25,26)27)33-37(15)17-14(24)4-3-5-28-17/h3-8H,9H2,1-2H3,(H,29,39)(H,30,38)(H,32,40). The van der Waals surface area contributed by atoms with Gasteiger partial charge in [-0.2, -0.15) is 23.1 Å².